The van der Waals surface area contributed by atoms with Crippen LogP contribution >= 0.6 is 0 Å². The van der Waals surface area contributed by atoms with E-state index in [0.717, 1.165) is 42.3 Å². The number of benzene rings is 1. The molecule has 154 valence electrons. The summed E-state index contributed by atoms with van der Waals surface area (Å²) in [6, 6.07) is 7.80. The molecule has 1 fully saturated rings. The molecule has 1 aliphatic carbocycles. The van der Waals surface area contributed by atoms with Crippen molar-refractivity contribution in [1.82, 2.24) is 24.5 Å². The monoisotopic (exact) mass is 416 g/mol. The number of sulfonamides is 1. The molecule has 2 aromatic heterocycles. The van der Waals surface area contributed by atoms with E-state index in [1.54, 1.807) is 24.2 Å². The maximum absolute atomic E-state index is 11.4. The molecule has 4 rings (SSSR count). The van der Waals surface area contributed by atoms with E-state index < -0.39 is 10.0 Å². The number of fused-ring (bicyclic) bond motifs is 1. The first-order valence-corrected chi connectivity index (χ1v) is 11.4. The summed E-state index contributed by atoms with van der Waals surface area (Å²) in [5.74, 6) is 1.97. The lowest BCUT2D eigenvalue weighted by atomic mass is 9.92. The number of ether oxygens (including phenoxy) is 1. The number of anilines is 1. The molecule has 0 spiro atoms. The molecule has 10 heteroatoms. The first-order valence-electron chi connectivity index (χ1n) is 9.51. The van der Waals surface area contributed by atoms with Gasteiger partial charge >= 0.3 is 0 Å². The molecule has 29 heavy (non-hydrogen) atoms. The summed E-state index contributed by atoms with van der Waals surface area (Å²) in [7, 11) is -1.53. The predicted octanol–water partition coefficient (Wildman–Crippen LogP) is 2.10. The first kappa shape index (κ1) is 19.6. The average molecular weight is 417 g/mol. The van der Waals surface area contributed by atoms with Crippen molar-refractivity contribution in [3.63, 3.8) is 0 Å². The second-order valence-electron chi connectivity index (χ2n) is 7.27. The second-order valence-corrected chi connectivity index (χ2v) is 9.05. The van der Waals surface area contributed by atoms with Crippen LogP contribution in [0.3, 0.4) is 0 Å². The lowest BCUT2D eigenvalue weighted by Crippen LogP contribution is -2.39. The van der Waals surface area contributed by atoms with Crippen molar-refractivity contribution < 1.29 is 13.2 Å². The fourth-order valence-electron chi connectivity index (χ4n) is 3.76. The minimum Gasteiger partial charge on any atom is -0.496 e. The highest BCUT2D eigenvalue weighted by Crippen LogP contribution is 2.27. The van der Waals surface area contributed by atoms with Gasteiger partial charge in [0.05, 0.1) is 30.5 Å². The molecule has 1 aliphatic rings. The Bertz CT molecular complexity index is 1110. The minimum absolute atomic E-state index is 0.000668. The summed E-state index contributed by atoms with van der Waals surface area (Å²) >= 11 is 0. The molecular formula is C19H24N6O3S. The molecular weight excluding hydrogens is 392 g/mol. The van der Waals surface area contributed by atoms with Gasteiger partial charge in [0.2, 0.25) is 16.0 Å². The van der Waals surface area contributed by atoms with Crippen LogP contribution in [0.25, 0.3) is 16.7 Å². The smallest absolute Gasteiger partial charge is 0.224 e. The van der Waals surface area contributed by atoms with Gasteiger partial charge in [-0.15, -0.1) is 0 Å². The zero-order valence-corrected chi connectivity index (χ0v) is 17.2. The van der Waals surface area contributed by atoms with Crippen LogP contribution in [-0.4, -0.2) is 53.6 Å². The Balaban J connectivity index is 1.48. The largest absolute Gasteiger partial charge is 0.496 e. The minimum atomic E-state index is -3.17. The fraction of sp³-hybridized carbons (Fsp3) is 0.421. The van der Waals surface area contributed by atoms with E-state index in [4.69, 9.17) is 4.74 Å². The van der Waals surface area contributed by atoms with Crippen LogP contribution in [0.2, 0.25) is 0 Å². The number of hydrogen-bond donors (Lipinski definition) is 2. The summed E-state index contributed by atoms with van der Waals surface area (Å²) in [6.07, 6.45) is 7.94. The van der Waals surface area contributed by atoms with Gasteiger partial charge in [0, 0.05) is 24.3 Å². The maximum atomic E-state index is 11.4. The summed E-state index contributed by atoms with van der Waals surface area (Å²) in [5, 5.41) is 8.75. The average Bonchev–Trinajstić information content (AvgIpc) is 3.13. The van der Waals surface area contributed by atoms with Crippen LogP contribution in [0.15, 0.2) is 36.7 Å². The Morgan fingerprint density at radius 2 is 1.90 bits per heavy atom. The van der Waals surface area contributed by atoms with Crippen molar-refractivity contribution >= 4 is 26.9 Å². The number of methoxy groups -OCH3 is 1. The molecule has 2 N–H and O–H groups in total. The van der Waals surface area contributed by atoms with Crippen molar-refractivity contribution in [2.75, 3.05) is 18.7 Å². The molecule has 3 aromatic rings. The van der Waals surface area contributed by atoms with Crippen molar-refractivity contribution in [2.45, 2.75) is 37.8 Å². The topological polar surface area (TPSA) is 111 Å². The first-order chi connectivity index (χ1) is 13.9. The summed E-state index contributed by atoms with van der Waals surface area (Å²) < 4.78 is 32.6. The van der Waals surface area contributed by atoms with Crippen molar-refractivity contribution in [3.8, 4) is 11.6 Å². The van der Waals surface area contributed by atoms with E-state index >= 15 is 0 Å². The van der Waals surface area contributed by atoms with Gasteiger partial charge in [-0.3, -0.25) is 0 Å². The molecule has 0 amide bonds. The van der Waals surface area contributed by atoms with Gasteiger partial charge in [-0.05, 0) is 37.8 Å². The molecule has 0 saturated heterocycles. The number of hydrogen-bond acceptors (Lipinski definition) is 7. The Morgan fingerprint density at radius 3 is 2.62 bits per heavy atom. The molecule has 0 radical (unpaired) electrons. The third kappa shape index (κ3) is 4.48. The quantitative estimate of drug-likeness (QED) is 0.633. The summed E-state index contributed by atoms with van der Waals surface area (Å²) in [4.78, 5) is 8.96. The van der Waals surface area contributed by atoms with Crippen molar-refractivity contribution in [3.05, 3.63) is 36.7 Å². The maximum Gasteiger partial charge on any atom is 0.224 e. The standard InChI is InChI=1S/C19H24N6O3S/c1-28-17-5-3-4-16-15(17)12-21-25(16)18-10-11-20-19(23-18)22-13-6-8-14(9-7-13)24-29(2,26)27/h3-5,10-14,24H,6-9H2,1-2H3,(H,20,22,23). The highest BCUT2D eigenvalue weighted by atomic mass is 32.2. The van der Waals surface area contributed by atoms with E-state index in [0.29, 0.717) is 11.8 Å². The normalized spacial score (nSPS) is 19.9. The van der Waals surface area contributed by atoms with Crippen LogP contribution < -0.4 is 14.8 Å². The zero-order chi connectivity index (χ0) is 20.4. The molecule has 1 saturated carbocycles. The number of aromatic nitrogens is 4. The van der Waals surface area contributed by atoms with E-state index in [1.807, 2.05) is 24.3 Å². The molecule has 0 atom stereocenters. The molecule has 2 heterocycles. The van der Waals surface area contributed by atoms with Gasteiger partial charge in [0.25, 0.3) is 0 Å². The Morgan fingerprint density at radius 1 is 1.14 bits per heavy atom. The van der Waals surface area contributed by atoms with E-state index in [2.05, 4.69) is 25.1 Å². The second kappa shape index (κ2) is 7.96. The molecule has 0 unspecified atom stereocenters. The molecule has 0 aliphatic heterocycles. The van der Waals surface area contributed by atoms with Gasteiger partial charge in [0.1, 0.15) is 5.75 Å². The summed E-state index contributed by atoms with van der Waals surface area (Å²) in [6.45, 7) is 0. The molecule has 0 bridgehead atoms. The SMILES string of the molecule is COc1cccc2c1cnn2-c1ccnc(NC2CCC(NS(C)(=O)=O)CC2)n1. The number of nitrogens with zero attached hydrogens (tertiary/aromatic N) is 4. The van der Waals surface area contributed by atoms with Crippen molar-refractivity contribution in [2.24, 2.45) is 0 Å². The van der Waals surface area contributed by atoms with Crippen molar-refractivity contribution in [1.29, 1.82) is 0 Å². The van der Waals surface area contributed by atoms with Crippen LogP contribution in [-0.2, 0) is 10.0 Å². The number of rotatable bonds is 6. The van der Waals surface area contributed by atoms with Crippen LogP contribution in [0.4, 0.5) is 5.95 Å². The third-order valence-corrected chi connectivity index (χ3v) is 5.85. The number of nitrogens with one attached hydrogen (secondary N) is 2. The van der Waals surface area contributed by atoms with Crippen LogP contribution in [0.1, 0.15) is 25.7 Å². The van der Waals surface area contributed by atoms with Crippen LogP contribution in [0, 0.1) is 0 Å². The van der Waals surface area contributed by atoms with E-state index in [9.17, 15) is 8.42 Å². The zero-order valence-electron chi connectivity index (χ0n) is 16.4. The van der Waals surface area contributed by atoms with Gasteiger partial charge in [0.15, 0.2) is 5.82 Å². The highest BCUT2D eigenvalue weighted by molar-refractivity contribution is 7.88. The van der Waals surface area contributed by atoms with Crippen LogP contribution in [0.5, 0.6) is 5.75 Å². The van der Waals surface area contributed by atoms with E-state index in [1.165, 1.54) is 6.26 Å². The summed E-state index contributed by atoms with van der Waals surface area (Å²) in [5.41, 5.74) is 0.904. The Labute approximate surface area is 169 Å². The van der Waals surface area contributed by atoms with Gasteiger partial charge in [-0.2, -0.15) is 10.1 Å². The van der Waals surface area contributed by atoms with Gasteiger partial charge in [-0.1, -0.05) is 6.07 Å². The Hall–Kier alpha value is -2.72. The van der Waals surface area contributed by atoms with Gasteiger partial charge in [-0.25, -0.2) is 22.8 Å². The lowest BCUT2D eigenvalue weighted by Gasteiger charge is -2.29. The van der Waals surface area contributed by atoms with Gasteiger partial charge < -0.3 is 10.1 Å². The third-order valence-electron chi connectivity index (χ3n) is 5.09. The van der Waals surface area contributed by atoms with E-state index in [-0.39, 0.29) is 12.1 Å². The molecule has 9 nitrogen and oxygen atoms in total. The predicted molar refractivity (Wildman–Crippen MR) is 111 cm³/mol. The Kier molecular flexibility index (Phi) is 5.37. The lowest BCUT2D eigenvalue weighted by molar-refractivity contribution is 0.387. The highest BCUT2D eigenvalue weighted by Gasteiger charge is 2.23. The molecule has 1 aromatic carbocycles. The fourth-order valence-corrected chi connectivity index (χ4v) is 4.60.